The summed E-state index contributed by atoms with van der Waals surface area (Å²) in [5, 5.41) is 3.63. The molecule has 1 aromatic carbocycles. The lowest BCUT2D eigenvalue weighted by Crippen LogP contribution is -2.07. The van der Waals surface area contributed by atoms with E-state index in [9.17, 15) is 4.39 Å². The Kier molecular flexibility index (Phi) is 3.88. The highest BCUT2D eigenvalue weighted by molar-refractivity contribution is 5.35. The van der Waals surface area contributed by atoms with Crippen LogP contribution < -0.4 is 10.5 Å². The molecule has 0 aliphatic carbocycles. The molecule has 0 atom stereocenters. The maximum Gasteiger partial charge on any atom is 0.264 e. The molecule has 0 amide bonds. The summed E-state index contributed by atoms with van der Waals surface area (Å²) in [5.41, 5.74) is 6.20. The summed E-state index contributed by atoms with van der Waals surface area (Å²) in [5.74, 6) is 0.606. The van der Waals surface area contributed by atoms with Crippen molar-refractivity contribution in [3.8, 4) is 5.75 Å². The molecule has 96 valence electrons. The lowest BCUT2D eigenvalue weighted by Gasteiger charge is -2.10. The maximum absolute atomic E-state index is 13.6. The number of aromatic nitrogens is 2. The van der Waals surface area contributed by atoms with Crippen molar-refractivity contribution < 1.29 is 13.7 Å². The molecule has 5 nitrogen and oxygen atoms in total. The highest BCUT2D eigenvalue weighted by Gasteiger charge is 2.11. The Bertz CT molecular complexity index is 528. The molecular weight excluding hydrogens is 237 g/mol. The van der Waals surface area contributed by atoms with Gasteiger partial charge in [-0.15, -0.1) is 0 Å². The summed E-state index contributed by atoms with van der Waals surface area (Å²) in [6, 6.07) is 4.75. The van der Waals surface area contributed by atoms with Crippen LogP contribution in [0.1, 0.15) is 17.3 Å². The molecule has 0 aliphatic heterocycles. The predicted octanol–water partition coefficient (Wildman–Crippen LogP) is 1.60. The Morgan fingerprint density at radius 1 is 1.44 bits per heavy atom. The molecule has 0 unspecified atom stereocenters. The lowest BCUT2D eigenvalue weighted by atomic mass is 10.1. The van der Waals surface area contributed by atoms with Gasteiger partial charge >= 0.3 is 0 Å². The first-order chi connectivity index (χ1) is 8.70. The molecule has 18 heavy (non-hydrogen) atoms. The summed E-state index contributed by atoms with van der Waals surface area (Å²) >= 11 is 0. The summed E-state index contributed by atoms with van der Waals surface area (Å²) < 4.78 is 23.9. The minimum absolute atomic E-state index is 0.0410. The average molecular weight is 251 g/mol. The first kappa shape index (κ1) is 12.5. The summed E-state index contributed by atoms with van der Waals surface area (Å²) in [6.45, 7) is 2.18. The molecule has 0 radical (unpaired) electrons. The summed E-state index contributed by atoms with van der Waals surface area (Å²) in [7, 11) is 0. The zero-order chi connectivity index (χ0) is 13.0. The SMILES string of the molecule is Cc1noc(COc2c(F)cccc2CCN)n1. The molecule has 1 heterocycles. The maximum atomic E-state index is 13.6. The summed E-state index contributed by atoms with van der Waals surface area (Å²) in [4.78, 5) is 3.98. The van der Waals surface area contributed by atoms with Gasteiger partial charge in [-0.3, -0.25) is 0 Å². The number of aryl methyl sites for hydroxylation is 1. The number of nitrogens with zero attached hydrogens (tertiary/aromatic N) is 2. The molecule has 0 bridgehead atoms. The van der Waals surface area contributed by atoms with Crippen LogP contribution in [-0.4, -0.2) is 16.7 Å². The second-order valence-electron chi connectivity index (χ2n) is 3.79. The second kappa shape index (κ2) is 5.59. The molecule has 0 spiro atoms. The Hall–Kier alpha value is -1.95. The number of halogens is 1. The number of ether oxygens (including phenoxy) is 1. The van der Waals surface area contributed by atoms with E-state index in [1.807, 2.05) is 0 Å². The molecule has 2 rings (SSSR count). The van der Waals surface area contributed by atoms with Crippen molar-refractivity contribution in [2.24, 2.45) is 5.73 Å². The molecule has 1 aromatic heterocycles. The first-order valence-electron chi connectivity index (χ1n) is 5.60. The van der Waals surface area contributed by atoms with Crippen LogP contribution in [0.4, 0.5) is 4.39 Å². The van der Waals surface area contributed by atoms with E-state index in [1.165, 1.54) is 6.07 Å². The van der Waals surface area contributed by atoms with Crippen LogP contribution in [0.25, 0.3) is 0 Å². The highest BCUT2D eigenvalue weighted by atomic mass is 19.1. The molecule has 0 aliphatic rings. The standard InChI is InChI=1S/C12H14FN3O2/c1-8-15-11(18-16-8)7-17-12-9(5-6-14)3-2-4-10(12)13/h2-4H,5-7,14H2,1H3. The highest BCUT2D eigenvalue weighted by Crippen LogP contribution is 2.23. The van der Waals surface area contributed by atoms with Gasteiger partial charge in [-0.1, -0.05) is 17.3 Å². The third-order valence-electron chi connectivity index (χ3n) is 2.37. The Labute approximate surface area is 104 Å². The van der Waals surface area contributed by atoms with E-state index in [1.54, 1.807) is 19.1 Å². The van der Waals surface area contributed by atoms with Gasteiger partial charge in [0.1, 0.15) is 0 Å². The summed E-state index contributed by atoms with van der Waals surface area (Å²) in [6.07, 6.45) is 0.552. The Morgan fingerprint density at radius 3 is 2.94 bits per heavy atom. The van der Waals surface area contributed by atoms with E-state index >= 15 is 0 Å². The van der Waals surface area contributed by atoms with Gasteiger partial charge < -0.3 is 15.0 Å². The molecular formula is C12H14FN3O2. The van der Waals surface area contributed by atoms with Crippen molar-refractivity contribution in [2.75, 3.05) is 6.54 Å². The fourth-order valence-corrected chi connectivity index (χ4v) is 1.60. The molecule has 6 heteroatoms. The van der Waals surface area contributed by atoms with E-state index in [4.69, 9.17) is 15.0 Å². The smallest absolute Gasteiger partial charge is 0.264 e. The topological polar surface area (TPSA) is 74.2 Å². The fourth-order valence-electron chi connectivity index (χ4n) is 1.60. The van der Waals surface area contributed by atoms with Crippen LogP contribution in [0.5, 0.6) is 5.75 Å². The molecule has 0 saturated heterocycles. The van der Waals surface area contributed by atoms with Crippen molar-refractivity contribution in [3.05, 3.63) is 41.3 Å². The lowest BCUT2D eigenvalue weighted by molar-refractivity contribution is 0.232. The van der Waals surface area contributed by atoms with Gasteiger partial charge in [0.15, 0.2) is 24.0 Å². The van der Waals surface area contributed by atoms with Crippen LogP contribution in [0.3, 0.4) is 0 Å². The molecule has 2 aromatic rings. The zero-order valence-electron chi connectivity index (χ0n) is 10.0. The number of para-hydroxylation sites is 1. The van der Waals surface area contributed by atoms with E-state index < -0.39 is 5.82 Å². The van der Waals surface area contributed by atoms with E-state index in [2.05, 4.69) is 10.1 Å². The molecule has 0 saturated carbocycles. The van der Waals surface area contributed by atoms with Crippen molar-refractivity contribution in [3.63, 3.8) is 0 Å². The van der Waals surface area contributed by atoms with Crippen molar-refractivity contribution >= 4 is 0 Å². The van der Waals surface area contributed by atoms with Gasteiger partial charge in [0.2, 0.25) is 0 Å². The van der Waals surface area contributed by atoms with Crippen molar-refractivity contribution in [2.45, 2.75) is 20.0 Å². The van der Waals surface area contributed by atoms with Gasteiger partial charge in [0.25, 0.3) is 5.89 Å². The van der Waals surface area contributed by atoms with Gasteiger partial charge in [0, 0.05) is 0 Å². The Balaban J connectivity index is 2.12. The fraction of sp³-hybridized carbons (Fsp3) is 0.333. The van der Waals surface area contributed by atoms with Crippen LogP contribution in [0, 0.1) is 12.7 Å². The van der Waals surface area contributed by atoms with Crippen LogP contribution in [0.15, 0.2) is 22.7 Å². The number of rotatable bonds is 5. The normalized spacial score (nSPS) is 10.6. The third-order valence-corrected chi connectivity index (χ3v) is 2.37. The zero-order valence-corrected chi connectivity index (χ0v) is 10.0. The molecule has 0 fully saturated rings. The Morgan fingerprint density at radius 2 is 2.28 bits per heavy atom. The predicted molar refractivity (Wildman–Crippen MR) is 62.5 cm³/mol. The minimum Gasteiger partial charge on any atom is -0.480 e. The number of hydrogen-bond acceptors (Lipinski definition) is 5. The minimum atomic E-state index is -0.419. The largest absolute Gasteiger partial charge is 0.480 e. The van der Waals surface area contributed by atoms with Crippen LogP contribution in [0.2, 0.25) is 0 Å². The van der Waals surface area contributed by atoms with E-state index in [-0.39, 0.29) is 12.4 Å². The van der Waals surface area contributed by atoms with E-state index in [0.717, 1.165) is 5.56 Å². The van der Waals surface area contributed by atoms with Crippen molar-refractivity contribution in [1.29, 1.82) is 0 Å². The van der Waals surface area contributed by atoms with Crippen molar-refractivity contribution in [1.82, 2.24) is 10.1 Å². The van der Waals surface area contributed by atoms with E-state index in [0.29, 0.717) is 24.7 Å². The molecule has 2 N–H and O–H groups in total. The van der Waals surface area contributed by atoms with Gasteiger partial charge in [-0.25, -0.2) is 4.39 Å². The van der Waals surface area contributed by atoms with Crippen LogP contribution in [-0.2, 0) is 13.0 Å². The van der Waals surface area contributed by atoms with Gasteiger partial charge in [0.05, 0.1) is 0 Å². The monoisotopic (exact) mass is 251 g/mol. The van der Waals surface area contributed by atoms with Gasteiger partial charge in [-0.2, -0.15) is 4.98 Å². The third kappa shape index (κ3) is 2.84. The van der Waals surface area contributed by atoms with Crippen LogP contribution >= 0.6 is 0 Å². The second-order valence-corrected chi connectivity index (χ2v) is 3.79. The number of hydrogen-bond donors (Lipinski definition) is 1. The number of nitrogens with two attached hydrogens (primary N) is 1. The van der Waals surface area contributed by atoms with Gasteiger partial charge in [-0.05, 0) is 31.5 Å². The first-order valence-corrected chi connectivity index (χ1v) is 5.60. The quantitative estimate of drug-likeness (QED) is 0.873. The number of benzene rings is 1. The average Bonchev–Trinajstić information content (AvgIpc) is 2.75.